The minimum atomic E-state index is 0.0874. The van der Waals surface area contributed by atoms with Crippen molar-refractivity contribution in [2.45, 2.75) is 12.5 Å². The zero-order valence-electron chi connectivity index (χ0n) is 11.3. The predicted molar refractivity (Wildman–Crippen MR) is 76.1 cm³/mol. The van der Waals surface area contributed by atoms with Crippen LogP contribution < -0.4 is 5.73 Å². The van der Waals surface area contributed by atoms with Crippen molar-refractivity contribution in [1.29, 1.82) is 0 Å². The van der Waals surface area contributed by atoms with Crippen molar-refractivity contribution < 1.29 is 9.47 Å². The quantitative estimate of drug-likeness (QED) is 0.659. The van der Waals surface area contributed by atoms with Gasteiger partial charge in [0.15, 0.2) is 0 Å². The molecular weight excluding hydrogens is 248 g/mol. The normalized spacial score (nSPS) is 13.1. The molecule has 5 heteroatoms. The van der Waals surface area contributed by atoms with Crippen molar-refractivity contribution in [1.82, 2.24) is 4.90 Å². The molecular formula is C13H24N2O2S. The molecule has 1 unspecified atom stereocenters. The molecule has 1 aromatic heterocycles. The van der Waals surface area contributed by atoms with Gasteiger partial charge in [0.05, 0.1) is 12.6 Å². The van der Waals surface area contributed by atoms with E-state index in [9.17, 15) is 0 Å². The van der Waals surface area contributed by atoms with Gasteiger partial charge in [-0.15, -0.1) is 11.3 Å². The van der Waals surface area contributed by atoms with E-state index >= 15 is 0 Å². The number of nitrogens with two attached hydrogens (primary N) is 1. The number of nitrogens with zero attached hydrogens (tertiary/aromatic N) is 1. The van der Waals surface area contributed by atoms with Gasteiger partial charge >= 0.3 is 0 Å². The zero-order valence-corrected chi connectivity index (χ0v) is 12.1. The highest BCUT2D eigenvalue weighted by atomic mass is 32.1. The van der Waals surface area contributed by atoms with Gasteiger partial charge in [0, 0.05) is 45.3 Å². The number of hydrogen-bond donors (Lipinski definition) is 1. The van der Waals surface area contributed by atoms with E-state index in [1.165, 1.54) is 4.88 Å². The lowest BCUT2D eigenvalue weighted by Gasteiger charge is -2.24. The second-order valence-electron chi connectivity index (χ2n) is 4.26. The molecule has 0 amide bonds. The summed E-state index contributed by atoms with van der Waals surface area (Å²) in [6.07, 6.45) is 1.03. The second-order valence-corrected chi connectivity index (χ2v) is 5.24. The van der Waals surface area contributed by atoms with Gasteiger partial charge < -0.3 is 15.2 Å². The fraction of sp³-hybridized carbons (Fsp3) is 0.692. The van der Waals surface area contributed by atoms with E-state index in [0.29, 0.717) is 0 Å². The van der Waals surface area contributed by atoms with Gasteiger partial charge in [0.25, 0.3) is 0 Å². The maximum atomic E-state index is 6.21. The first-order valence-electron chi connectivity index (χ1n) is 6.27. The van der Waals surface area contributed by atoms with Gasteiger partial charge in [-0.1, -0.05) is 6.07 Å². The summed E-state index contributed by atoms with van der Waals surface area (Å²) < 4.78 is 10.2. The van der Waals surface area contributed by atoms with E-state index in [0.717, 1.165) is 39.3 Å². The molecule has 0 fully saturated rings. The largest absolute Gasteiger partial charge is 0.385 e. The van der Waals surface area contributed by atoms with E-state index in [-0.39, 0.29) is 6.04 Å². The minimum Gasteiger partial charge on any atom is -0.385 e. The van der Waals surface area contributed by atoms with Gasteiger partial charge in [0.1, 0.15) is 0 Å². The molecule has 0 saturated carbocycles. The Morgan fingerprint density at radius 3 is 2.67 bits per heavy atom. The third-order valence-corrected chi connectivity index (χ3v) is 3.80. The Morgan fingerprint density at radius 1 is 1.28 bits per heavy atom. The highest BCUT2D eigenvalue weighted by molar-refractivity contribution is 7.10. The minimum absolute atomic E-state index is 0.0874. The molecule has 0 bridgehead atoms. The smallest absolute Gasteiger partial charge is 0.0589 e. The molecule has 0 spiro atoms. The van der Waals surface area contributed by atoms with Crippen LogP contribution in [0.4, 0.5) is 0 Å². The van der Waals surface area contributed by atoms with Crippen LogP contribution in [0.1, 0.15) is 17.3 Å². The highest BCUT2D eigenvalue weighted by Crippen LogP contribution is 2.17. The number of rotatable bonds is 10. The summed E-state index contributed by atoms with van der Waals surface area (Å²) in [5, 5.41) is 2.07. The summed E-state index contributed by atoms with van der Waals surface area (Å²) in [5.74, 6) is 0. The van der Waals surface area contributed by atoms with Crippen LogP contribution in [0, 0.1) is 0 Å². The zero-order chi connectivity index (χ0) is 13.2. The van der Waals surface area contributed by atoms with Crippen molar-refractivity contribution in [2.75, 3.05) is 47.1 Å². The molecule has 1 atom stereocenters. The lowest BCUT2D eigenvalue weighted by atomic mass is 10.2. The van der Waals surface area contributed by atoms with Crippen LogP contribution in [0.2, 0.25) is 0 Å². The molecule has 1 heterocycles. The maximum Gasteiger partial charge on any atom is 0.0589 e. The number of hydrogen-bond acceptors (Lipinski definition) is 5. The lowest BCUT2D eigenvalue weighted by molar-refractivity contribution is 0.129. The van der Waals surface area contributed by atoms with E-state index < -0.39 is 0 Å². The SMILES string of the molecule is COCCCN(CCOC)CC(N)c1cccs1. The van der Waals surface area contributed by atoms with Crippen molar-refractivity contribution in [2.24, 2.45) is 5.73 Å². The van der Waals surface area contributed by atoms with Crippen molar-refractivity contribution >= 4 is 11.3 Å². The molecule has 1 aromatic rings. The summed E-state index contributed by atoms with van der Waals surface area (Å²) in [4.78, 5) is 3.58. The van der Waals surface area contributed by atoms with Crippen LogP contribution in [0.15, 0.2) is 17.5 Å². The van der Waals surface area contributed by atoms with Crippen LogP contribution in [0.25, 0.3) is 0 Å². The second kappa shape index (κ2) is 9.47. The van der Waals surface area contributed by atoms with Gasteiger partial charge in [-0.05, 0) is 17.9 Å². The first kappa shape index (κ1) is 15.6. The first-order chi connectivity index (χ1) is 8.77. The third kappa shape index (κ3) is 5.93. The van der Waals surface area contributed by atoms with Crippen LogP contribution in [-0.2, 0) is 9.47 Å². The Labute approximate surface area is 114 Å². The fourth-order valence-corrected chi connectivity index (χ4v) is 2.54. The predicted octanol–water partition coefficient (Wildman–Crippen LogP) is 1.73. The van der Waals surface area contributed by atoms with E-state index in [4.69, 9.17) is 15.2 Å². The summed E-state index contributed by atoms with van der Waals surface area (Å²) in [6.45, 7) is 4.31. The molecule has 2 N–H and O–H groups in total. The standard InChI is InChI=1S/C13H24N2O2S/c1-16-8-4-6-15(7-9-17-2)11-12(14)13-5-3-10-18-13/h3,5,10,12H,4,6-9,11,14H2,1-2H3. The Kier molecular flexibility index (Phi) is 8.20. The van der Waals surface area contributed by atoms with Crippen molar-refractivity contribution in [3.05, 3.63) is 22.4 Å². The Balaban J connectivity index is 2.38. The van der Waals surface area contributed by atoms with Crippen LogP contribution in [0.5, 0.6) is 0 Å². The molecule has 4 nitrogen and oxygen atoms in total. The van der Waals surface area contributed by atoms with Crippen LogP contribution in [0.3, 0.4) is 0 Å². The van der Waals surface area contributed by atoms with Gasteiger partial charge in [-0.3, -0.25) is 4.90 Å². The van der Waals surface area contributed by atoms with Crippen LogP contribution >= 0.6 is 11.3 Å². The lowest BCUT2D eigenvalue weighted by Crippen LogP contribution is -2.35. The van der Waals surface area contributed by atoms with Gasteiger partial charge in [-0.2, -0.15) is 0 Å². The molecule has 0 saturated heterocycles. The van der Waals surface area contributed by atoms with E-state index in [1.807, 2.05) is 6.07 Å². The van der Waals surface area contributed by atoms with E-state index in [1.54, 1.807) is 25.6 Å². The summed E-state index contributed by atoms with van der Waals surface area (Å²) >= 11 is 1.72. The molecule has 1 rings (SSSR count). The maximum absolute atomic E-state index is 6.21. The Morgan fingerprint density at radius 2 is 2.06 bits per heavy atom. The first-order valence-corrected chi connectivity index (χ1v) is 7.15. The molecule has 0 aromatic carbocycles. The van der Waals surface area contributed by atoms with E-state index in [2.05, 4.69) is 16.3 Å². The Bertz CT molecular complexity index is 293. The van der Waals surface area contributed by atoms with Gasteiger partial charge in [0.2, 0.25) is 0 Å². The fourth-order valence-electron chi connectivity index (χ4n) is 1.82. The van der Waals surface area contributed by atoms with Gasteiger partial charge in [-0.25, -0.2) is 0 Å². The highest BCUT2D eigenvalue weighted by Gasteiger charge is 2.12. The molecule has 0 aliphatic heterocycles. The molecule has 0 aliphatic carbocycles. The number of methoxy groups -OCH3 is 2. The average molecular weight is 272 g/mol. The van der Waals surface area contributed by atoms with Crippen molar-refractivity contribution in [3.8, 4) is 0 Å². The molecule has 104 valence electrons. The number of thiophene rings is 1. The summed E-state index contributed by atoms with van der Waals surface area (Å²) in [6, 6.07) is 4.23. The molecule has 18 heavy (non-hydrogen) atoms. The summed E-state index contributed by atoms with van der Waals surface area (Å²) in [7, 11) is 3.46. The topological polar surface area (TPSA) is 47.7 Å². The van der Waals surface area contributed by atoms with Crippen molar-refractivity contribution in [3.63, 3.8) is 0 Å². The Hall–Kier alpha value is -0.460. The average Bonchev–Trinajstić information content (AvgIpc) is 2.89. The number of ether oxygens (including phenoxy) is 2. The molecule has 0 radical (unpaired) electrons. The van der Waals surface area contributed by atoms with Crippen LogP contribution in [-0.4, -0.2) is 52.0 Å². The molecule has 0 aliphatic rings. The summed E-state index contributed by atoms with van der Waals surface area (Å²) in [5.41, 5.74) is 6.21. The monoisotopic (exact) mass is 272 g/mol. The third-order valence-electron chi connectivity index (χ3n) is 2.80.